The SMILES string of the molecule is N#Cc1cccc(-c2cc3c(s2)CCC[C@]32CCSC(N)=N2)c1. The quantitative estimate of drug-likeness (QED) is 0.844. The number of thiophene rings is 1. The Bertz CT molecular complexity index is 831. The zero-order valence-electron chi connectivity index (χ0n) is 12.7. The molecular formula is C18H17N3S2. The number of fused-ring (bicyclic) bond motifs is 2. The van der Waals surface area contributed by atoms with Crippen molar-refractivity contribution >= 4 is 28.3 Å². The van der Waals surface area contributed by atoms with E-state index < -0.39 is 0 Å². The van der Waals surface area contributed by atoms with Crippen LogP contribution in [0.2, 0.25) is 0 Å². The van der Waals surface area contributed by atoms with E-state index in [4.69, 9.17) is 16.0 Å². The van der Waals surface area contributed by atoms with E-state index in [1.807, 2.05) is 29.5 Å². The Morgan fingerprint density at radius 3 is 3.00 bits per heavy atom. The lowest BCUT2D eigenvalue weighted by atomic mass is 9.78. The average molecular weight is 339 g/mol. The summed E-state index contributed by atoms with van der Waals surface area (Å²) in [6.45, 7) is 0. The van der Waals surface area contributed by atoms with Crippen molar-refractivity contribution in [3.63, 3.8) is 0 Å². The van der Waals surface area contributed by atoms with Crippen LogP contribution in [-0.2, 0) is 12.0 Å². The number of hydrogen-bond donors (Lipinski definition) is 1. The van der Waals surface area contributed by atoms with Gasteiger partial charge in [0.15, 0.2) is 5.17 Å². The predicted molar refractivity (Wildman–Crippen MR) is 97.8 cm³/mol. The molecule has 1 spiro atoms. The summed E-state index contributed by atoms with van der Waals surface area (Å²) in [7, 11) is 0. The Kier molecular flexibility index (Phi) is 3.67. The molecule has 2 N–H and O–H groups in total. The van der Waals surface area contributed by atoms with Crippen LogP contribution in [0.15, 0.2) is 35.3 Å². The molecule has 3 nitrogen and oxygen atoms in total. The van der Waals surface area contributed by atoms with Crippen molar-refractivity contribution in [1.82, 2.24) is 0 Å². The minimum absolute atomic E-state index is 0.107. The van der Waals surface area contributed by atoms with E-state index in [9.17, 15) is 0 Å². The maximum Gasteiger partial charge on any atom is 0.154 e. The summed E-state index contributed by atoms with van der Waals surface area (Å²) in [4.78, 5) is 7.55. The molecule has 1 aromatic heterocycles. The lowest BCUT2D eigenvalue weighted by Gasteiger charge is -2.36. The minimum atomic E-state index is -0.107. The second-order valence-corrected chi connectivity index (χ2v) is 8.33. The Morgan fingerprint density at radius 2 is 2.17 bits per heavy atom. The van der Waals surface area contributed by atoms with Gasteiger partial charge in [-0.1, -0.05) is 23.9 Å². The average Bonchev–Trinajstić information content (AvgIpc) is 3.01. The zero-order chi connectivity index (χ0) is 15.9. The summed E-state index contributed by atoms with van der Waals surface area (Å²) in [6.07, 6.45) is 4.46. The number of nitrogens with zero attached hydrogens (tertiary/aromatic N) is 2. The highest BCUT2D eigenvalue weighted by Crippen LogP contribution is 2.48. The number of nitriles is 1. The van der Waals surface area contributed by atoms with E-state index in [1.165, 1.54) is 21.7 Å². The van der Waals surface area contributed by atoms with E-state index in [0.29, 0.717) is 5.56 Å². The van der Waals surface area contributed by atoms with Gasteiger partial charge in [0.2, 0.25) is 0 Å². The van der Waals surface area contributed by atoms with Crippen molar-refractivity contribution in [3.8, 4) is 16.5 Å². The van der Waals surface area contributed by atoms with E-state index in [2.05, 4.69) is 18.2 Å². The Hall–Kier alpha value is -1.77. The van der Waals surface area contributed by atoms with Gasteiger partial charge >= 0.3 is 0 Å². The van der Waals surface area contributed by atoms with Crippen LogP contribution < -0.4 is 5.73 Å². The molecule has 0 unspecified atom stereocenters. The van der Waals surface area contributed by atoms with Crippen LogP contribution in [0.4, 0.5) is 0 Å². The smallest absolute Gasteiger partial charge is 0.154 e. The highest BCUT2D eigenvalue weighted by molar-refractivity contribution is 8.13. The van der Waals surface area contributed by atoms with Gasteiger partial charge < -0.3 is 5.73 Å². The van der Waals surface area contributed by atoms with Gasteiger partial charge in [-0.3, -0.25) is 4.99 Å². The molecule has 2 aliphatic rings. The van der Waals surface area contributed by atoms with E-state index in [1.54, 1.807) is 11.8 Å². The number of benzene rings is 1. The third-order valence-electron chi connectivity index (χ3n) is 4.67. The number of hydrogen-bond acceptors (Lipinski definition) is 5. The first-order chi connectivity index (χ1) is 11.2. The Balaban J connectivity index is 1.81. The first-order valence-electron chi connectivity index (χ1n) is 7.82. The first kappa shape index (κ1) is 14.8. The van der Waals surface area contributed by atoms with Gasteiger partial charge in [-0.25, -0.2) is 0 Å². The topological polar surface area (TPSA) is 62.2 Å². The maximum absolute atomic E-state index is 9.12. The summed E-state index contributed by atoms with van der Waals surface area (Å²) in [5.74, 6) is 1.05. The Labute approximate surface area is 144 Å². The molecular weight excluding hydrogens is 322 g/mol. The van der Waals surface area contributed by atoms with Gasteiger partial charge in [0, 0.05) is 15.5 Å². The monoisotopic (exact) mass is 339 g/mol. The Morgan fingerprint density at radius 1 is 1.26 bits per heavy atom. The van der Waals surface area contributed by atoms with Crippen LogP contribution in [0, 0.1) is 11.3 Å². The molecule has 5 heteroatoms. The first-order valence-corrected chi connectivity index (χ1v) is 9.62. The highest BCUT2D eigenvalue weighted by Gasteiger charge is 2.39. The minimum Gasteiger partial charge on any atom is -0.379 e. The molecule has 23 heavy (non-hydrogen) atoms. The predicted octanol–water partition coefficient (Wildman–Crippen LogP) is 4.27. The van der Waals surface area contributed by atoms with E-state index in [0.717, 1.165) is 35.7 Å². The fourth-order valence-electron chi connectivity index (χ4n) is 3.57. The van der Waals surface area contributed by atoms with Crippen LogP contribution in [0.3, 0.4) is 0 Å². The molecule has 0 fully saturated rings. The number of aliphatic imine (C=N–C) groups is 1. The van der Waals surface area contributed by atoms with Crippen LogP contribution in [0.25, 0.3) is 10.4 Å². The second kappa shape index (κ2) is 5.70. The molecule has 4 rings (SSSR count). The molecule has 2 aromatic rings. The van der Waals surface area contributed by atoms with Crippen LogP contribution in [0.5, 0.6) is 0 Å². The lowest BCUT2D eigenvalue weighted by molar-refractivity contribution is 0.368. The van der Waals surface area contributed by atoms with Crippen molar-refractivity contribution < 1.29 is 0 Å². The molecule has 0 saturated heterocycles. The van der Waals surface area contributed by atoms with Crippen LogP contribution in [0.1, 0.15) is 35.3 Å². The van der Waals surface area contributed by atoms with Gasteiger partial charge in [0.1, 0.15) is 0 Å². The van der Waals surface area contributed by atoms with Crippen molar-refractivity contribution in [2.75, 3.05) is 5.75 Å². The molecule has 0 amide bonds. The van der Waals surface area contributed by atoms with Crippen LogP contribution >= 0.6 is 23.1 Å². The third-order valence-corrected chi connectivity index (χ3v) is 6.71. The highest BCUT2D eigenvalue weighted by atomic mass is 32.2. The number of nitrogens with two attached hydrogens (primary N) is 1. The fourth-order valence-corrected chi connectivity index (χ4v) is 5.75. The van der Waals surface area contributed by atoms with Crippen LogP contribution in [-0.4, -0.2) is 10.9 Å². The van der Waals surface area contributed by atoms with Gasteiger partial charge in [0.25, 0.3) is 0 Å². The summed E-state index contributed by atoms with van der Waals surface area (Å²) >= 11 is 3.51. The van der Waals surface area contributed by atoms with Crippen molar-refractivity contribution in [2.45, 2.75) is 31.2 Å². The molecule has 1 aromatic carbocycles. The van der Waals surface area contributed by atoms with Crippen molar-refractivity contribution in [1.29, 1.82) is 5.26 Å². The molecule has 116 valence electrons. The fraction of sp³-hybridized carbons (Fsp3) is 0.333. The zero-order valence-corrected chi connectivity index (χ0v) is 14.3. The van der Waals surface area contributed by atoms with Crippen molar-refractivity contribution in [3.05, 3.63) is 46.3 Å². The largest absolute Gasteiger partial charge is 0.379 e. The molecule has 0 radical (unpaired) electrons. The second-order valence-electron chi connectivity index (χ2n) is 6.07. The van der Waals surface area contributed by atoms with Gasteiger partial charge in [0.05, 0.1) is 17.2 Å². The van der Waals surface area contributed by atoms with E-state index >= 15 is 0 Å². The maximum atomic E-state index is 9.12. The van der Waals surface area contributed by atoms with Crippen molar-refractivity contribution in [2.24, 2.45) is 10.7 Å². The molecule has 0 saturated carbocycles. The normalized spacial score (nSPS) is 23.2. The summed E-state index contributed by atoms with van der Waals surface area (Å²) < 4.78 is 0. The molecule has 1 atom stereocenters. The third kappa shape index (κ3) is 2.56. The number of amidine groups is 1. The summed E-state index contributed by atoms with van der Waals surface area (Å²) in [5, 5.41) is 9.84. The lowest BCUT2D eigenvalue weighted by Crippen LogP contribution is -2.34. The number of aryl methyl sites for hydroxylation is 1. The summed E-state index contributed by atoms with van der Waals surface area (Å²) in [6, 6.07) is 12.4. The van der Waals surface area contributed by atoms with Gasteiger partial charge in [-0.05, 0) is 55.0 Å². The standard InChI is InChI=1S/C18H17N3S2/c19-11-12-3-1-4-13(9-12)16-10-14-15(23-16)5-2-6-18(14)7-8-22-17(20)21-18/h1,3-4,9-10H,2,5-8H2,(H2,20,21)/t18-/m0/s1. The molecule has 1 aliphatic heterocycles. The molecule has 1 aliphatic carbocycles. The van der Waals surface area contributed by atoms with E-state index in [-0.39, 0.29) is 5.54 Å². The molecule has 2 heterocycles. The summed E-state index contributed by atoms with van der Waals surface area (Å²) in [5.41, 5.74) is 9.13. The number of thioether (sulfide) groups is 1. The van der Waals surface area contributed by atoms with Gasteiger partial charge in [-0.2, -0.15) is 5.26 Å². The number of rotatable bonds is 1. The molecule has 0 bridgehead atoms. The van der Waals surface area contributed by atoms with Gasteiger partial charge in [-0.15, -0.1) is 11.3 Å².